The molecule has 0 aliphatic carbocycles. The predicted octanol–water partition coefficient (Wildman–Crippen LogP) is 5.50. The molecule has 1 N–H and O–H groups in total. The molecule has 0 radical (unpaired) electrons. The van der Waals surface area contributed by atoms with E-state index in [2.05, 4.69) is 81.4 Å². The number of carbonyl (C=O) groups is 1. The zero-order valence-electron chi connectivity index (χ0n) is 20.7. The Bertz CT molecular complexity index is 1020. The molecule has 0 amide bonds. The Balaban J connectivity index is 0.00000103. The van der Waals surface area contributed by atoms with Crippen molar-refractivity contribution < 1.29 is 19.4 Å². The Labute approximate surface area is 202 Å². The molecule has 0 aromatic heterocycles. The molecule has 1 saturated heterocycles. The minimum Gasteiger partial charge on any atom is -0.493 e. The zero-order chi connectivity index (χ0) is 24.6. The van der Waals surface area contributed by atoms with Crippen LogP contribution in [0.2, 0.25) is 0 Å². The minimum atomic E-state index is -0.250. The van der Waals surface area contributed by atoms with Crippen molar-refractivity contribution in [2.75, 3.05) is 32.2 Å². The number of allylic oxidation sites excluding steroid dienone is 1. The molecule has 1 fully saturated rings. The SMILES string of the molecule is CC1=C(CCOc2ccc(CC3(C)CCCO3)cc2)N=C(c2cccc(N(C)C)c2)C1.O=CO. The first kappa shape index (κ1) is 25.5. The first-order chi connectivity index (χ1) is 16.3. The predicted molar refractivity (Wildman–Crippen MR) is 137 cm³/mol. The first-order valence-corrected chi connectivity index (χ1v) is 11.8. The lowest BCUT2D eigenvalue weighted by Crippen LogP contribution is -2.25. The normalized spacial score (nSPS) is 19.4. The molecule has 1 unspecified atom stereocenters. The van der Waals surface area contributed by atoms with E-state index < -0.39 is 0 Å². The summed E-state index contributed by atoms with van der Waals surface area (Å²) in [6.07, 6.45) is 5.02. The van der Waals surface area contributed by atoms with Crippen molar-refractivity contribution in [2.24, 2.45) is 4.99 Å². The van der Waals surface area contributed by atoms with Crippen LogP contribution in [-0.4, -0.2) is 50.2 Å². The third-order valence-corrected chi connectivity index (χ3v) is 6.30. The maximum absolute atomic E-state index is 8.36. The highest BCUT2D eigenvalue weighted by molar-refractivity contribution is 6.04. The second-order valence-corrected chi connectivity index (χ2v) is 9.33. The van der Waals surface area contributed by atoms with Gasteiger partial charge in [0, 0.05) is 51.3 Å². The molecule has 182 valence electrons. The van der Waals surface area contributed by atoms with Crippen molar-refractivity contribution in [3.63, 3.8) is 0 Å². The molecule has 6 heteroatoms. The summed E-state index contributed by atoms with van der Waals surface area (Å²) in [6.45, 7) is 5.68. The highest BCUT2D eigenvalue weighted by atomic mass is 16.5. The van der Waals surface area contributed by atoms with Gasteiger partial charge >= 0.3 is 0 Å². The highest BCUT2D eigenvalue weighted by Gasteiger charge is 2.29. The Kier molecular flexibility index (Phi) is 8.88. The van der Waals surface area contributed by atoms with Crippen LogP contribution in [0.3, 0.4) is 0 Å². The van der Waals surface area contributed by atoms with Gasteiger partial charge in [0.05, 0.1) is 17.9 Å². The highest BCUT2D eigenvalue weighted by Crippen LogP contribution is 2.30. The topological polar surface area (TPSA) is 71.4 Å². The standard InChI is InChI=1S/C27H34N2O2.CH2O2/c1-20-17-26(22-7-5-8-23(18-22)29(3)4)28-25(20)13-16-30-24-11-9-21(10-12-24)19-27(2)14-6-15-31-27;2-1-3/h5,7-12,18H,6,13-17,19H2,1-4H3;1H,(H,2,3). The van der Waals surface area contributed by atoms with E-state index in [1.165, 1.54) is 22.4 Å². The number of hydrogen-bond donors (Lipinski definition) is 1. The molecule has 2 aromatic carbocycles. The summed E-state index contributed by atoms with van der Waals surface area (Å²) >= 11 is 0. The first-order valence-electron chi connectivity index (χ1n) is 11.8. The molecule has 6 nitrogen and oxygen atoms in total. The van der Waals surface area contributed by atoms with Gasteiger partial charge in [-0.25, -0.2) is 0 Å². The van der Waals surface area contributed by atoms with Crippen LogP contribution in [0.5, 0.6) is 5.75 Å². The molecule has 0 spiro atoms. The van der Waals surface area contributed by atoms with Gasteiger partial charge in [0.2, 0.25) is 0 Å². The van der Waals surface area contributed by atoms with Gasteiger partial charge in [-0.15, -0.1) is 0 Å². The Morgan fingerprint density at radius 1 is 1.21 bits per heavy atom. The van der Waals surface area contributed by atoms with Crippen molar-refractivity contribution >= 4 is 17.9 Å². The number of hydrogen-bond acceptors (Lipinski definition) is 5. The molecule has 0 bridgehead atoms. The number of nitrogens with zero attached hydrogens (tertiary/aromatic N) is 2. The Morgan fingerprint density at radius 2 is 1.94 bits per heavy atom. The summed E-state index contributed by atoms with van der Waals surface area (Å²) in [5.74, 6) is 0.917. The molecule has 2 aromatic rings. The second kappa shape index (κ2) is 11.8. The van der Waals surface area contributed by atoms with Crippen LogP contribution in [-0.2, 0) is 16.0 Å². The number of anilines is 1. The van der Waals surface area contributed by atoms with Gasteiger partial charge in [0.15, 0.2) is 0 Å². The van der Waals surface area contributed by atoms with Crippen molar-refractivity contribution in [3.05, 3.63) is 70.9 Å². The fourth-order valence-electron chi connectivity index (χ4n) is 4.43. The summed E-state index contributed by atoms with van der Waals surface area (Å²) < 4.78 is 11.9. The van der Waals surface area contributed by atoms with Crippen LogP contribution >= 0.6 is 0 Å². The zero-order valence-corrected chi connectivity index (χ0v) is 20.7. The fraction of sp³-hybridized carbons (Fsp3) is 0.429. The van der Waals surface area contributed by atoms with E-state index in [9.17, 15) is 0 Å². The molecule has 2 aliphatic heterocycles. The summed E-state index contributed by atoms with van der Waals surface area (Å²) in [6, 6.07) is 17.1. The van der Waals surface area contributed by atoms with E-state index in [-0.39, 0.29) is 12.1 Å². The molecule has 2 heterocycles. The average molecular weight is 465 g/mol. The maximum atomic E-state index is 8.36. The fourth-order valence-corrected chi connectivity index (χ4v) is 4.43. The monoisotopic (exact) mass is 464 g/mol. The van der Waals surface area contributed by atoms with E-state index in [0.717, 1.165) is 55.9 Å². The molecule has 1 atom stereocenters. The number of carboxylic acid groups (broad SMARTS) is 1. The molecule has 0 saturated carbocycles. The summed E-state index contributed by atoms with van der Waals surface area (Å²) in [7, 11) is 4.13. The lowest BCUT2D eigenvalue weighted by atomic mass is 9.94. The quantitative estimate of drug-likeness (QED) is 0.522. The molecular weight excluding hydrogens is 428 g/mol. The van der Waals surface area contributed by atoms with E-state index in [1.807, 2.05) is 0 Å². The summed E-state index contributed by atoms with van der Waals surface area (Å²) in [5, 5.41) is 6.89. The van der Waals surface area contributed by atoms with Crippen LogP contribution in [0, 0.1) is 0 Å². The minimum absolute atomic E-state index is 0.00335. The lowest BCUT2D eigenvalue weighted by molar-refractivity contribution is -0.122. The third kappa shape index (κ3) is 6.94. The van der Waals surface area contributed by atoms with Crippen LogP contribution < -0.4 is 9.64 Å². The van der Waals surface area contributed by atoms with E-state index in [4.69, 9.17) is 24.4 Å². The Hall–Kier alpha value is -3.12. The molecular formula is C28H36N2O4. The van der Waals surface area contributed by atoms with Crippen LogP contribution in [0.25, 0.3) is 0 Å². The number of ether oxygens (including phenoxy) is 2. The number of benzene rings is 2. The van der Waals surface area contributed by atoms with E-state index in [0.29, 0.717) is 6.61 Å². The van der Waals surface area contributed by atoms with Crippen molar-refractivity contribution in [1.29, 1.82) is 0 Å². The van der Waals surface area contributed by atoms with Crippen LogP contribution in [0.15, 0.2) is 64.8 Å². The number of aliphatic imine (C=N–C) groups is 1. The molecule has 2 aliphatic rings. The molecule has 34 heavy (non-hydrogen) atoms. The van der Waals surface area contributed by atoms with Gasteiger partial charge in [-0.05, 0) is 67.7 Å². The maximum Gasteiger partial charge on any atom is 0.290 e. The van der Waals surface area contributed by atoms with Crippen molar-refractivity contribution in [2.45, 2.75) is 51.6 Å². The van der Waals surface area contributed by atoms with Gasteiger partial charge in [-0.1, -0.05) is 24.3 Å². The molecule has 4 rings (SSSR count). The second-order valence-electron chi connectivity index (χ2n) is 9.33. The smallest absolute Gasteiger partial charge is 0.290 e. The number of rotatable bonds is 8. The van der Waals surface area contributed by atoms with Gasteiger partial charge in [-0.2, -0.15) is 0 Å². The largest absolute Gasteiger partial charge is 0.493 e. The lowest BCUT2D eigenvalue weighted by Gasteiger charge is -2.23. The third-order valence-electron chi connectivity index (χ3n) is 6.30. The Morgan fingerprint density at radius 3 is 2.59 bits per heavy atom. The average Bonchev–Trinajstić information content (AvgIpc) is 3.41. The van der Waals surface area contributed by atoms with Gasteiger partial charge in [0.1, 0.15) is 5.75 Å². The van der Waals surface area contributed by atoms with Crippen LogP contribution in [0.1, 0.15) is 50.7 Å². The summed E-state index contributed by atoms with van der Waals surface area (Å²) in [5.41, 5.74) is 7.37. The van der Waals surface area contributed by atoms with Gasteiger partial charge in [0.25, 0.3) is 6.47 Å². The van der Waals surface area contributed by atoms with Gasteiger partial charge in [-0.3, -0.25) is 9.79 Å². The van der Waals surface area contributed by atoms with E-state index in [1.54, 1.807) is 0 Å². The van der Waals surface area contributed by atoms with Crippen molar-refractivity contribution in [1.82, 2.24) is 0 Å². The summed E-state index contributed by atoms with van der Waals surface area (Å²) in [4.78, 5) is 15.4. The van der Waals surface area contributed by atoms with Crippen LogP contribution in [0.4, 0.5) is 5.69 Å². The van der Waals surface area contributed by atoms with Gasteiger partial charge < -0.3 is 19.5 Å². The van der Waals surface area contributed by atoms with Crippen molar-refractivity contribution in [3.8, 4) is 5.75 Å². The van der Waals surface area contributed by atoms with E-state index >= 15 is 0 Å².